The predicted octanol–water partition coefficient (Wildman–Crippen LogP) is 2.26. The third kappa shape index (κ3) is 4.31. The van der Waals surface area contributed by atoms with Gasteiger partial charge in [-0.15, -0.1) is 0 Å². The van der Waals surface area contributed by atoms with Gasteiger partial charge < -0.3 is 15.3 Å². The van der Waals surface area contributed by atoms with Gasteiger partial charge in [-0.05, 0) is 32.5 Å². The van der Waals surface area contributed by atoms with E-state index >= 15 is 0 Å². The standard InChI is InChI=1S/C15H26N2O/c1-4-5-11-17(12-15(2,13-18)16-3)14-9-7-6-8-10-14/h6-10,16,18H,4-5,11-13H2,1-3H3. The van der Waals surface area contributed by atoms with Crippen LogP contribution in [0.25, 0.3) is 0 Å². The van der Waals surface area contributed by atoms with E-state index in [2.05, 4.69) is 48.3 Å². The van der Waals surface area contributed by atoms with Gasteiger partial charge in [0, 0.05) is 18.8 Å². The molecule has 1 aromatic carbocycles. The first-order valence-corrected chi connectivity index (χ1v) is 6.75. The molecule has 0 amide bonds. The normalized spacial score (nSPS) is 14.2. The number of anilines is 1. The van der Waals surface area contributed by atoms with Crippen molar-refractivity contribution in [3.63, 3.8) is 0 Å². The van der Waals surface area contributed by atoms with Crippen LogP contribution in [0.4, 0.5) is 5.69 Å². The lowest BCUT2D eigenvalue weighted by Crippen LogP contribution is -2.53. The molecule has 0 fully saturated rings. The molecular formula is C15H26N2O. The third-order valence-electron chi connectivity index (χ3n) is 3.40. The molecule has 102 valence electrons. The van der Waals surface area contributed by atoms with Crippen molar-refractivity contribution in [1.82, 2.24) is 5.32 Å². The number of nitrogens with one attached hydrogen (secondary N) is 1. The quantitative estimate of drug-likeness (QED) is 0.743. The minimum Gasteiger partial charge on any atom is -0.394 e. The molecule has 0 bridgehead atoms. The molecule has 18 heavy (non-hydrogen) atoms. The zero-order valence-electron chi connectivity index (χ0n) is 11.8. The highest BCUT2D eigenvalue weighted by Crippen LogP contribution is 2.17. The van der Waals surface area contributed by atoms with Crippen LogP contribution in [-0.2, 0) is 0 Å². The van der Waals surface area contributed by atoms with E-state index in [4.69, 9.17) is 0 Å². The Labute approximate surface area is 111 Å². The van der Waals surface area contributed by atoms with E-state index in [9.17, 15) is 5.11 Å². The number of benzene rings is 1. The van der Waals surface area contributed by atoms with Gasteiger partial charge in [-0.1, -0.05) is 31.5 Å². The van der Waals surface area contributed by atoms with Crippen molar-refractivity contribution in [2.75, 3.05) is 31.6 Å². The topological polar surface area (TPSA) is 35.5 Å². The maximum atomic E-state index is 9.52. The molecule has 3 nitrogen and oxygen atoms in total. The van der Waals surface area contributed by atoms with Gasteiger partial charge in [0.25, 0.3) is 0 Å². The van der Waals surface area contributed by atoms with Gasteiger partial charge in [0.05, 0.1) is 12.1 Å². The fraction of sp³-hybridized carbons (Fsp3) is 0.600. The molecule has 0 aliphatic carbocycles. The summed E-state index contributed by atoms with van der Waals surface area (Å²) in [7, 11) is 1.90. The van der Waals surface area contributed by atoms with Crippen LogP contribution in [0.2, 0.25) is 0 Å². The average molecular weight is 250 g/mol. The van der Waals surface area contributed by atoms with E-state index in [1.807, 2.05) is 13.1 Å². The number of nitrogens with zero attached hydrogens (tertiary/aromatic N) is 1. The Morgan fingerprint density at radius 1 is 1.28 bits per heavy atom. The summed E-state index contributed by atoms with van der Waals surface area (Å²) in [5, 5.41) is 12.7. The smallest absolute Gasteiger partial charge is 0.0627 e. The average Bonchev–Trinajstić information content (AvgIpc) is 2.44. The van der Waals surface area contributed by atoms with Crippen molar-refractivity contribution >= 4 is 5.69 Å². The van der Waals surface area contributed by atoms with Gasteiger partial charge in [0.2, 0.25) is 0 Å². The zero-order chi connectivity index (χ0) is 13.4. The van der Waals surface area contributed by atoms with E-state index in [0.717, 1.165) is 13.1 Å². The van der Waals surface area contributed by atoms with Crippen LogP contribution >= 0.6 is 0 Å². The second kappa shape index (κ2) is 7.39. The highest BCUT2D eigenvalue weighted by Gasteiger charge is 2.24. The zero-order valence-corrected chi connectivity index (χ0v) is 11.8. The number of aliphatic hydroxyl groups is 1. The van der Waals surface area contributed by atoms with Gasteiger partial charge in [-0.25, -0.2) is 0 Å². The molecule has 0 saturated heterocycles. The SMILES string of the molecule is CCCCN(CC(C)(CO)NC)c1ccccc1. The molecule has 1 unspecified atom stereocenters. The number of hydrogen-bond acceptors (Lipinski definition) is 3. The van der Waals surface area contributed by atoms with Gasteiger partial charge in [-0.2, -0.15) is 0 Å². The molecule has 0 radical (unpaired) electrons. The summed E-state index contributed by atoms with van der Waals surface area (Å²) in [4.78, 5) is 2.34. The van der Waals surface area contributed by atoms with Crippen molar-refractivity contribution in [3.8, 4) is 0 Å². The van der Waals surface area contributed by atoms with E-state index in [1.54, 1.807) is 0 Å². The number of unbranched alkanes of at least 4 members (excludes halogenated alkanes) is 1. The summed E-state index contributed by atoms with van der Waals surface area (Å²) < 4.78 is 0. The lowest BCUT2D eigenvalue weighted by atomic mass is 10.0. The van der Waals surface area contributed by atoms with Crippen LogP contribution in [0.1, 0.15) is 26.7 Å². The summed E-state index contributed by atoms with van der Waals surface area (Å²) in [6.45, 7) is 6.22. The summed E-state index contributed by atoms with van der Waals surface area (Å²) in [6.07, 6.45) is 2.35. The van der Waals surface area contributed by atoms with E-state index in [-0.39, 0.29) is 12.1 Å². The van der Waals surface area contributed by atoms with Crippen LogP contribution in [0.15, 0.2) is 30.3 Å². The first-order chi connectivity index (χ1) is 8.65. The summed E-state index contributed by atoms with van der Waals surface area (Å²) >= 11 is 0. The Kier molecular flexibility index (Phi) is 6.16. The molecule has 1 rings (SSSR count). The van der Waals surface area contributed by atoms with E-state index < -0.39 is 0 Å². The fourth-order valence-corrected chi connectivity index (χ4v) is 1.92. The molecule has 3 heteroatoms. The monoisotopic (exact) mass is 250 g/mol. The molecule has 0 aliphatic rings. The Morgan fingerprint density at radius 2 is 1.94 bits per heavy atom. The van der Waals surface area contributed by atoms with Gasteiger partial charge in [-0.3, -0.25) is 0 Å². The van der Waals surface area contributed by atoms with Crippen LogP contribution in [0.3, 0.4) is 0 Å². The number of aliphatic hydroxyl groups excluding tert-OH is 1. The van der Waals surface area contributed by atoms with Crippen LogP contribution in [-0.4, -0.2) is 37.4 Å². The molecule has 1 atom stereocenters. The Bertz CT molecular complexity index is 323. The highest BCUT2D eigenvalue weighted by atomic mass is 16.3. The number of rotatable bonds is 8. The number of likely N-dealkylation sites (N-methyl/N-ethyl adjacent to an activating group) is 1. The van der Waals surface area contributed by atoms with E-state index in [1.165, 1.54) is 18.5 Å². The molecule has 0 aromatic heterocycles. The molecular weight excluding hydrogens is 224 g/mol. The van der Waals surface area contributed by atoms with Crippen molar-refractivity contribution in [2.24, 2.45) is 0 Å². The Morgan fingerprint density at radius 3 is 2.44 bits per heavy atom. The van der Waals surface area contributed by atoms with Crippen molar-refractivity contribution in [1.29, 1.82) is 0 Å². The number of para-hydroxylation sites is 1. The Hall–Kier alpha value is -1.06. The maximum Gasteiger partial charge on any atom is 0.0627 e. The molecule has 1 aromatic rings. The first-order valence-electron chi connectivity index (χ1n) is 6.75. The van der Waals surface area contributed by atoms with Gasteiger partial charge in [0.15, 0.2) is 0 Å². The first kappa shape index (κ1) is 15.0. The van der Waals surface area contributed by atoms with Crippen molar-refractivity contribution in [2.45, 2.75) is 32.2 Å². The highest BCUT2D eigenvalue weighted by molar-refractivity contribution is 5.46. The van der Waals surface area contributed by atoms with Gasteiger partial charge in [0.1, 0.15) is 0 Å². The minimum absolute atomic E-state index is 0.138. The van der Waals surface area contributed by atoms with Crippen LogP contribution in [0, 0.1) is 0 Å². The second-order valence-electron chi connectivity index (χ2n) is 5.08. The van der Waals surface area contributed by atoms with Crippen molar-refractivity contribution in [3.05, 3.63) is 30.3 Å². The lowest BCUT2D eigenvalue weighted by Gasteiger charge is -2.35. The largest absolute Gasteiger partial charge is 0.394 e. The molecule has 2 N–H and O–H groups in total. The molecule has 0 saturated carbocycles. The Balaban J connectivity index is 2.79. The third-order valence-corrected chi connectivity index (χ3v) is 3.40. The van der Waals surface area contributed by atoms with Crippen molar-refractivity contribution < 1.29 is 5.11 Å². The fourth-order valence-electron chi connectivity index (χ4n) is 1.92. The summed E-state index contributed by atoms with van der Waals surface area (Å²) in [6, 6.07) is 10.4. The predicted molar refractivity (Wildman–Crippen MR) is 78.1 cm³/mol. The van der Waals surface area contributed by atoms with E-state index in [0.29, 0.717) is 0 Å². The van der Waals surface area contributed by atoms with Crippen LogP contribution < -0.4 is 10.2 Å². The lowest BCUT2D eigenvalue weighted by molar-refractivity contribution is 0.185. The molecule has 0 heterocycles. The molecule has 0 spiro atoms. The summed E-state index contributed by atoms with van der Waals surface area (Å²) in [5.41, 5.74) is 0.963. The maximum absolute atomic E-state index is 9.52. The van der Waals surface area contributed by atoms with Crippen LogP contribution in [0.5, 0.6) is 0 Å². The van der Waals surface area contributed by atoms with Gasteiger partial charge >= 0.3 is 0 Å². The molecule has 0 aliphatic heterocycles. The second-order valence-corrected chi connectivity index (χ2v) is 5.08. The minimum atomic E-state index is -0.260. The summed E-state index contributed by atoms with van der Waals surface area (Å²) in [5.74, 6) is 0. The number of hydrogen-bond donors (Lipinski definition) is 2.